The quantitative estimate of drug-likeness (QED) is 0.802. The van der Waals surface area contributed by atoms with Gasteiger partial charge in [-0.1, -0.05) is 29.8 Å². The number of aryl methyl sites for hydroxylation is 2. The van der Waals surface area contributed by atoms with Crippen LogP contribution in [0.2, 0.25) is 0 Å². The largest absolute Gasteiger partial charge is 0.305 e. The Balaban J connectivity index is 1.94. The number of rotatable bonds is 3. The van der Waals surface area contributed by atoms with Crippen molar-refractivity contribution in [2.24, 2.45) is 0 Å². The molecule has 3 rings (SSSR count). The summed E-state index contributed by atoms with van der Waals surface area (Å²) >= 11 is 0. The molecule has 0 saturated carbocycles. The summed E-state index contributed by atoms with van der Waals surface area (Å²) < 4.78 is 1.65. The van der Waals surface area contributed by atoms with Gasteiger partial charge in [0.1, 0.15) is 0 Å². The molecule has 1 aliphatic rings. The summed E-state index contributed by atoms with van der Waals surface area (Å²) in [5, 5.41) is 0. The third-order valence-corrected chi connectivity index (χ3v) is 3.89. The lowest BCUT2D eigenvalue weighted by molar-refractivity contribution is 0.0969. The molecule has 1 aromatic heterocycles. The van der Waals surface area contributed by atoms with Crippen LogP contribution in [0.4, 0.5) is 0 Å². The predicted octanol–water partition coefficient (Wildman–Crippen LogP) is 2.53. The molecule has 1 aliphatic carbocycles. The Morgan fingerprint density at radius 3 is 2.85 bits per heavy atom. The van der Waals surface area contributed by atoms with Crippen molar-refractivity contribution in [3.8, 4) is 0 Å². The molecule has 20 heavy (non-hydrogen) atoms. The Hall–Kier alpha value is -2.16. The fraction of sp³-hybridized carbons (Fsp3) is 0.294. The molecule has 0 atom stereocenters. The van der Waals surface area contributed by atoms with Gasteiger partial charge < -0.3 is 4.57 Å². The molecule has 0 spiro atoms. The molecule has 0 radical (unpaired) electrons. The van der Waals surface area contributed by atoms with Gasteiger partial charge in [-0.3, -0.25) is 9.59 Å². The van der Waals surface area contributed by atoms with E-state index in [0.29, 0.717) is 5.56 Å². The smallest absolute Gasteiger partial charge is 0.251 e. The lowest BCUT2D eigenvalue weighted by atomic mass is 10.1. The van der Waals surface area contributed by atoms with E-state index in [2.05, 4.69) is 0 Å². The SMILES string of the molecule is Cc1cccc(C(=O)Cn2c3c(ccc2=O)CCC3)c1. The first-order valence-electron chi connectivity index (χ1n) is 6.96. The van der Waals surface area contributed by atoms with Gasteiger partial charge in [0.15, 0.2) is 5.78 Å². The van der Waals surface area contributed by atoms with Crippen LogP contribution in [0.25, 0.3) is 0 Å². The first kappa shape index (κ1) is 12.9. The van der Waals surface area contributed by atoms with Crippen LogP contribution in [-0.2, 0) is 19.4 Å². The lowest BCUT2D eigenvalue weighted by Gasteiger charge is -2.11. The number of hydrogen-bond donors (Lipinski definition) is 0. The number of carbonyl (C=O) groups excluding carboxylic acids is 1. The fourth-order valence-corrected chi connectivity index (χ4v) is 2.86. The number of Topliss-reactive ketones (excluding diaryl/α,β-unsaturated/α-hetero) is 1. The highest BCUT2D eigenvalue weighted by molar-refractivity contribution is 5.96. The summed E-state index contributed by atoms with van der Waals surface area (Å²) in [6.45, 7) is 2.11. The van der Waals surface area contributed by atoms with E-state index in [9.17, 15) is 9.59 Å². The van der Waals surface area contributed by atoms with Crippen LogP contribution in [0.15, 0.2) is 41.2 Å². The van der Waals surface area contributed by atoms with Gasteiger partial charge in [-0.15, -0.1) is 0 Å². The first-order chi connectivity index (χ1) is 9.65. The second-order valence-corrected chi connectivity index (χ2v) is 5.38. The molecule has 1 heterocycles. The number of nitrogens with zero attached hydrogens (tertiary/aromatic N) is 1. The average Bonchev–Trinajstić information content (AvgIpc) is 2.90. The van der Waals surface area contributed by atoms with Gasteiger partial charge in [-0.25, -0.2) is 0 Å². The van der Waals surface area contributed by atoms with E-state index in [1.807, 2.05) is 37.3 Å². The molecule has 1 aromatic carbocycles. The first-order valence-corrected chi connectivity index (χ1v) is 6.96. The second kappa shape index (κ2) is 5.08. The monoisotopic (exact) mass is 267 g/mol. The van der Waals surface area contributed by atoms with Crippen LogP contribution < -0.4 is 5.56 Å². The molecule has 0 aliphatic heterocycles. The van der Waals surface area contributed by atoms with Gasteiger partial charge in [-0.2, -0.15) is 0 Å². The topological polar surface area (TPSA) is 39.1 Å². The maximum atomic E-state index is 12.4. The van der Waals surface area contributed by atoms with Gasteiger partial charge in [0.05, 0.1) is 6.54 Å². The molecule has 2 aromatic rings. The van der Waals surface area contributed by atoms with Gasteiger partial charge >= 0.3 is 0 Å². The van der Waals surface area contributed by atoms with E-state index < -0.39 is 0 Å². The highest BCUT2D eigenvalue weighted by Crippen LogP contribution is 2.20. The Morgan fingerprint density at radius 2 is 2.05 bits per heavy atom. The van der Waals surface area contributed by atoms with Gasteiger partial charge in [-0.05, 0) is 37.8 Å². The van der Waals surface area contributed by atoms with Crippen molar-refractivity contribution in [1.82, 2.24) is 4.57 Å². The molecular weight excluding hydrogens is 250 g/mol. The van der Waals surface area contributed by atoms with Gasteiger partial charge in [0, 0.05) is 17.3 Å². The Morgan fingerprint density at radius 1 is 1.20 bits per heavy atom. The maximum Gasteiger partial charge on any atom is 0.251 e. The Bertz CT molecular complexity index is 728. The normalized spacial score (nSPS) is 13.2. The van der Waals surface area contributed by atoms with Crippen molar-refractivity contribution in [3.63, 3.8) is 0 Å². The number of fused-ring (bicyclic) bond motifs is 1. The lowest BCUT2D eigenvalue weighted by Crippen LogP contribution is -2.26. The number of hydrogen-bond acceptors (Lipinski definition) is 2. The summed E-state index contributed by atoms with van der Waals surface area (Å²) in [7, 11) is 0. The van der Waals surface area contributed by atoms with Crippen LogP contribution in [0.3, 0.4) is 0 Å². The minimum atomic E-state index is -0.0772. The molecule has 0 fully saturated rings. The number of aromatic nitrogens is 1. The van der Waals surface area contributed by atoms with E-state index in [1.54, 1.807) is 10.6 Å². The summed E-state index contributed by atoms with van der Waals surface area (Å²) in [6, 6.07) is 11.0. The van der Waals surface area contributed by atoms with Crippen LogP contribution >= 0.6 is 0 Å². The minimum Gasteiger partial charge on any atom is -0.305 e. The molecule has 3 nitrogen and oxygen atoms in total. The van der Waals surface area contributed by atoms with Crippen LogP contribution in [0.1, 0.15) is 33.6 Å². The standard InChI is InChI=1S/C17H17NO2/c1-12-4-2-6-14(10-12)16(19)11-18-15-7-3-5-13(15)8-9-17(18)20/h2,4,6,8-10H,3,5,7,11H2,1H3. The zero-order chi connectivity index (χ0) is 14.1. The molecule has 0 saturated heterocycles. The molecule has 0 amide bonds. The van der Waals surface area contributed by atoms with E-state index in [4.69, 9.17) is 0 Å². The van der Waals surface area contributed by atoms with Crippen molar-refractivity contribution in [2.75, 3.05) is 0 Å². The van der Waals surface area contributed by atoms with Crippen molar-refractivity contribution >= 4 is 5.78 Å². The number of benzene rings is 1. The Labute approximate surface area is 117 Å². The minimum absolute atomic E-state index is 0.00361. The maximum absolute atomic E-state index is 12.4. The number of ketones is 1. The number of pyridine rings is 1. The van der Waals surface area contributed by atoms with Crippen molar-refractivity contribution in [3.05, 3.63) is 69.1 Å². The molecule has 102 valence electrons. The van der Waals surface area contributed by atoms with E-state index in [0.717, 1.165) is 30.5 Å². The fourth-order valence-electron chi connectivity index (χ4n) is 2.86. The van der Waals surface area contributed by atoms with Crippen LogP contribution in [0.5, 0.6) is 0 Å². The van der Waals surface area contributed by atoms with Crippen LogP contribution in [-0.4, -0.2) is 10.4 Å². The highest BCUT2D eigenvalue weighted by atomic mass is 16.1. The summed E-state index contributed by atoms with van der Waals surface area (Å²) in [5.41, 5.74) is 3.90. The summed E-state index contributed by atoms with van der Waals surface area (Å²) in [4.78, 5) is 24.4. The second-order valence-electron chi connectivity index (χ2n) is 5.38. The number of carbonyl (C=O) groups is 1. The van der Waals surface area contributed by atoms with Gasteiger partial charge in [0.2, 0.25) is 0 Å². The highest BCUT2D eigenvalue weighted by Gasteiger charge is 2.17. The zero-order valence-electron chi connectivity index (χ0n) is 11.6. The van der Waals surface area contributed by atoms with Crippen LogP contribution in [0, 0.1) is 6.92 Å². The van der Waals surface area contributed by atoms with Crippen molar-refractivity contribution < 1.29 is 4.79 Å². The van der Waals surface area contributed by atoms with Crippen molar-refractivity contribution in [2.45, 2.75) is 32.7 Å². The summed E-state index contributed by atoms with van der Waals surface area (Å²) in [6.07, 6.45) is 2.97. The van der Waals surface area contributed by atoms with Crippen molar-refractivity contribution in [1.29, 1.82) is 0 Å². The van der Waals surface area contributed by atoms with E-state index in [1.165, 1.54) is 5.56 Å². The molecule has 0 bridgehead atoms. The zero-order valence-corrected chi connectivity index (χ0v) is 11.6. The van der Waals surface area contributed by atoms with E-state index in [-0.39, 0.29) is 17.9 Å². The average molecular weight is 267 g/mol. The van der Waals surface area contributed by atoms with Gasteiger partial charge in [0.25, 0.3) is 5.56 Å². The Kier molecular flexibility index (Phi) is 3.26. The molecule has 0 unspecified atom stereocenters. The third-order valence-electron chi connectivity index (χ3n) is 3.89. The third kappa shape index (κ3) is 2.31. The predicted molar refractivity (Wildman–Crippen MR) is 78.2 cm³/mol. The molecular formula is C17H17NO2. The van der Waals surface area contributed by atoms with E-state index >= 15 is 0 Å². The summed E-state index contributed by atoms with van der Waals surface area (Å²) in [5.74, 6) is -0.00361. The molecule has 3 heteroatoms. The molecule has 0 N–H and O–H groups in total.